The summed E-state index contributed by atoms with van der Waals surface area (Å²) in [4.78, 5) is 21.0. The predicted octanol–water partition coefficient (Wildman–Crippen LogP) is 1.48. The molecule has 1 atom stereocenters. The number of anilines is 1. The van der Waals surface area contributed by atoms with Crippen LogP contribution >= 0.6 is 0 Å². The van der Waals surface area contributed by atoms with Gasteiger partial charge in [-0.2, -0.15) is 0 Å². The molecule has 7 nitrogen and oxygen atoms in total. The van der Waals surface area contributed by atoms with Crippen molar-refractivity contribution in [3.05, 3.63) is 33.9 Å². The second-order valence-corrected chi connectivity index (χ2v) is 3.73. The SMILES string of the molecule is COC(=O)C(CO)Nc1ccc([N+](=O)[O-])cc1C(F)F. The first-order chi connectivity index (χ1) is 9.40. The monoisotopic (exact) mass is 290 g/mol. The Morgan fingerprint density at radius 3 is 2.65 bits per heavy atom. The van der Waals surface area contributed by atoms with E-state index in [2.05, 4.69) is 10.1 Å². The minimum Gasteiger partial charge on any atom is -0.467 e. The lowest BCUT2D eigenvalue weighted by Gasteiger charge is -2.17. The van der Waals surface area contributed by atoms with Crippen LogP contribution < -0.4 is 5.32 Å². The molecule has 20 heavy (non-hydrogen) atoms. The Labute approximate surface area is 112 Å². The van der Waals surface area contributed by atoms with Crippen LogP contribution in [0.15, 0.2) is 18.2 Å². The van der Waals surface area contributed by atoms with Crippen molar-refractivity contribution < 1.29 is 28.3 Å². The Hall–Kier alpha value is -2.29. The number of carbonyl (C=O) groups is 1. The molecule has 0 amide bonds. The summed E-state index contributed by atoms with van der Waals surface area (Å²) in [5, 5.41) is 21.9. The third-order valence-corrected chi connectivity index (χ3v) is 2.48. The zero-order valence-corrected chi connectivity index (χ0v) is 10.4. The zero-order valence-electron chi connectivity index (χ0n) is 10.4. The fraction of sp³-hybridized carbons (Fsp3) is 0.364. The van der Waals surface area contributed by atoms with Gasteiger partial charge in [0, 0.05) is 23.4 Å². The van der Waals surface area contributed by atoms with Gasteiger partial charge in [-0.3, -0.25) is 10.1 Å². The highest BCUT2D eigenvalue weighted by Gasteiger charge is 2.23. The van der Waals surface area contributed by atoms with Gasteiger partial charge in [0.2, 0.25) is 0 Å². The second kappa shape index (κ2) is 6.75. The molecule has 0 heterocycles. The van der Waals surface area contributed by atoms with Gasteiger partial charge in [-0.05, 0) is 6.07 Å². The number of nitro benzene ring substituents is 1. The average molecular weight is 290 g/mol. The molecule has 2 N–H and O–H groups in total. The van der Waals surface area contributed by atoms with Gasteiger partial charge in [-0.25, -0.2) is 13.6 Å². The number of aliphatic hydroxyl groups excluding tert-OH is 1. The molecule has 0 aliphatic heterocycles. The molecule has 0 aromatic heterocycles. The molecule has 1 unspecified atom stereocenters. The van der Waals surface area contributed by atoms with Crippen LogP contribution in [0.25, 0.3) is 0 Å². The topological polar surface area (TPSA) is 102 Å². The van der Waals surface area contributed by atoms with E-state index in [9.17, 15) is 23.7 Å². The Bertz CT molecular complexity index is 510. The summed E-state index contributed by atoms with van der Waals surface area (Å²) in [6, 6.07) is 1.53. The van der Waals surface area contributed by atoms with E-state index < -0.39 is 41.2 Å². The lowest BCUT2D eigenvalue weighted by Crippen LogP contribution is -2.34. The molecule has 1 rings (SSSR count). The highest BCUT2D eigenvalue weighted by Crippen LogP contribution is 2.31. The lowest BCUT2D eigenvalue weighted by molar-refractivity contribution is -0.385. The lowest BCUT2D eigenvalue weighted by atomic mass is 10.1. The number of carbonyl (C=O) groups excluding carboxylic acids is 1. The number of hydrogen-bond acceptors (Lipinski definition) is 6. The normalized spacial score (nSPS) is 12.1. The van der Waals surface area contributed by atoms with Crippen molar-refractivity contribution in [2.24, 2.45) is 0 Å². The largest absolute Gasteiger partial charge is 0.467 e. The third kappa shape index (κ3) is 3.60. The van der Waals surface area contributed by atoms with Gasteiger partial charge in [0.15, 0.2) is 0 Å². The van der Waals surface area contributed by atoms with E-state index in [0.29, 0.717) is 6.07 Å². The fourth-order valence-corrected chi connectivity index (χ4v) is 1.48. The molecule has 110 valence electrons. The first-order valence-corrected chi connectivity index (χ1v) is 5.42. The standard InChI is InChI=1S/C11H12F2N2O5/c1-20-11(17)9(5-16)14-8-3-2-6(15(18)19)4-7(8)10(12)13/h2-4,9-10,14,16H,5H2,1H3. The maximum absolute atomic E-state index is 12.9. The minimum atomic E-state index is -2.98. The summed E-state index contributed by atoms with van der Waals surface area (Å²) >= 11 is 0. The number of nitrogens with zero attached hydrogens (tertiary/aromatic N) is 1. The number of non-ortho nitro benzene ring substituents is 1. The Balaban J connectivity index is 3.11. The second-order valence-electron chi connectivity index (χ2n) is 3.73. The maximum atomic E-state index is 12.9. The average Bonchev–Trinajstić information content (AvgIpc) is 2.43. The van der Waals surface area contributed by atoms with E-state index in [-0.39, 0.29) is 5.69 Å². The number of nitrogens with one attached hydrogen (secondary N) is 1. The van der Waals surface area contributed by atoms with Crippen molar-refractivity contribution in [2.75, 3.05) is 19.0 Å². The van der Waals surface area contributed by atoms with Crippen molar-refractivity contribution in [1.29, 1.82) is 0 Å². The van der Waals surface area contributed by atoms with E-state index in [4.69, 9.17) is 5.11 Å². The molecule has 0 aliphatic carbocycles. The van der Waals surface area contributed by atoms with E-state index >= 15 is 0 Å². The number of ether oxygens (including phenoxy) is 1. The molecule has 0 saturated heterocycles. The van der Waals surface area contributed by atoms with Crippen LogP contribution in [0.5, 0.6) is 0 Å². The molecule has 9 heteroatoms. The maximum Gasteiger partial charge on any atom is 0.330 e. The van der Waals surface area contributed by atoms with Gasteiger partial charge >= 0.3 is 5.97 Å². The van der Waals surface area contributed by atoms with Crippen LogP contribution in [0.1, 0.15) is 12.0 Å². The molecule has 0 spiro atoms. The first-order valence-electron chi connectivity index (χ1n) is 5.42. The predicted molar refractivity (Wildman–Crippen MR) is 64.6 cm³/mol. The van der Waals surface area contributed by atoms with Gasteiger partial charge in [0.1, 0.15) is 6.04 Å². The quantitative estimate of drug-likeness (QED) is 0.467. The summed E-state index contributed by atoms with van der Waals surface area (Å²) in [6.07, 6.45) is -2.98. The summed E-state index contributed by atoms with van der Waals surface area (Å²) in [5.74, 6) is -0.842. The van der Waals surface area contributed by atoms with Crippen molar-refractivity contribution in [1.82, 2.24) is 0 Å². The van der Waals surface area contributed by atoms with E-state index in [1.54, 1.807) is 0 Å². The number of alkyl halides is 2. The molecule has 0 radical (unpaired) electrons. The first kappa shape index (κ1) is 15.8. The third-order valence-electron chi connectivity index (χ3n) is 2.48. The molecule has 1 aromatic carbocycles. The van der Waals surface area contributed by atoms with Crippen LogP contribution in [-0.4, -0.2) is 35.8 Å². The van der Waals surface area contributed by atoms with Crippen LogP contribution in [0.4, 0.5) is 20.2 Å². The number of halogens is 2. The highest BCUT2D eigenvalue weighted by atomic mass is 19.3. The number of aliphatic hydroxyl groups is 1. The van der Waals surface area contributed by atoms with Gasteiger partial charge in [0.05, 0.1) is 18.6 Å². The molecule has 0 aliphatic rings. The van der Waals surface area contributed by atoms with Crippen LogP contribution in [0.2, 0.25) is 0 Å². The van der Waals surface area contributed by atoms with Crippen molar-refractivity contribution in [3.8, 4) is 0 Å². The van der Waals surface area contributed by atoms with Gasteiger partial charge in [-0.15, -0.1) is 0 Å². The number of hydrogen-bond donors (Lipinski definition) is 2. The Morgan fingerprint density at radius 1 is 1.55 bits per heavy atom. The number of benzene rings is 1. The van der Waals surface area contributed by atoms with Crippen LogP contribution in [0, 0.1) is 10.1 Å². The van der Waals surface area contributed by atoms with Crippen molar-refractivity contribution in [2.45, 2.75) is 12.5 Å². The highest BCUT2D eigenvalue weighted by molar-refractivity contribution is 5.80. The van der Waals surface area contributed by atoms with Gasteiger partial charge < -0.3 is 15.2 Å². The smallest absolute Gasteiger partial charge is 0.330 e. The number of esters is 1. The van der Waals surface area contributed by atoms with E-state index in [1.165, 1.54) is 0 Å². The minimum absolute atomic E-state index is 0.185. The Morgan fingerprint density at radius 2 is 2.20 bits per heavy atom. The zero-order chi connectivity index (χ0) is 15.3. The molecule has 0 bridgehead atoms. The van der Waals surface area contributed by atoms with Gasteiger partial charge in [0.25, 0.3) is 12.1 Å². The number of rotatable bonds is 6. The van der Waals surface area contributed by atoms with E-state index in [1.807, 2.05) is 0 Å². The van der Waals surface area contributed by atoms with Crippen molar-refractivity contribution in [3.63, 3.8) is 0 Å². The summed E-state index contributed by atoms with van der Waals surface area (Å²) in [7, 11) is 1.08. The summed E-state index contributed by atoms with van der Waals surface area (Å²) < 4.78 is 30.1. The molecular weight excluding hydrogens is 278 g/mol. The molecule has 1 aromatic rings. The molecule has 0 fully saturated rings. The Kier molecular flexibility index (Phi) is 5.32. The molecular formula is C11H12F2N2O5. The fourth-order valence-electron chi connectivity index (χ4n) is 1.48. The van der Waals surface area contributed by atoms with E-state index in [0.717, 1.165) is 19.2 Å². The van der Waals surface area contributed by atoms with Gasteiger partial charge in [-0.1, -0.05) is 0 Å². The summed E-state index contributed by atoms with van der Waals surface area (Å²) in [6.45, 7) is -0.674. The summed E-state index contributed by atoms with van der Waals surface area (Å²) in [5.41, 5.74) is -1.32. The van der Waals surface area contributed by atoms with Crippen LogP contribution in [-0.2, 0) is 9.53 Å². The molecule has 0 saturated carbocycles. The van der Waals surface area contributed by atoms with Crippen molar-refractivity contribution >= 4 is 17.3 Å². The van der Waals surface area contributed by atoms with Crippen LogP contribution in [0.3, 0.4) is 0 Å². The number of nitro groups is 1. The number of methoxy groups -OCH3 is 1.